The number of carboxylic acids is 1. The first-order chi connectivity index (χ1) is 36.4. The van der Waals surface area contributed by atoms with Gasteiger partial charge in [-0.15, -0.1) is 0 Å². The van der Waals surface area contributed by atoms with Crippen LogP contribution in [0.5, 0.6) is 0 Å². The summed E-state index contributed by atoms with van der Waals surface area (Å²) in [6.45, 7) is 6.56. The van der Waals surface area contributed by atoms with Gasteiger partial charge in [0.25, 0.3) is 0 Å². The maximum absolute atomic E-state index is 11.6. The van der Waals surface area contributed by atoms with Crippen molar-refractivity contribution < 1.29 is 9.90 Å². The van der Waals surface area contributed by atoms with Gasteiger partial charge < -0.3 is 19.8 Å². The van der Waals surface area contributed by atoms with Crippen LogP contribution in [0, 0.1) is 11.3 Å². The van der Waals surface area contributed by atoms with Gasteiger partial charge in [0.05, 0.1) is 22.7 Å². The SMILES string of the molecule is CCCCCCCCN1c2ccccc2Sc2ccc(/C=C/c3ccc(N(c4ccc(/C=C/c5ccc6c(c5)N(CCCCCCCC)c5ccccc5S6)cc4)c4ccc(/C=C(\C#N)C(=O)O)cc4)cc3)cc21. The fourth-order valence-corrected chi connectivity index (χ4v) is 12.0. The quantitative estimate of drug-likeness (QED) is 0.0294. The summed E-state index contributed by atoms with van der Waals surface area (Å²) in [4.78, 5) is 24.1. The zero-order chi connectivity index (χ0) is 51.1. The number of nitrogens with zero attached hydrogens (tertiary/aromatic N) is 4. The van der Waals surface area contributed by atoms with Gasteiger partial charge >= 0.3 is 5.97 Å². The van der Waals surface area contributed by atoms with Crippen LogP contribution in [0.4, 0.5) is 39.8 Å². The second-order valence-electron chi connectivity index (χ2n) is 19.2. The molecule has 2 heterocycles. The normalized spacial score (nSPS) is 12.9. The molecule has 0 aromatic heterocycles. The molecule has 7 aromatic rings. The lowest BCUT2D eigenvalue weighted by Gasteiger charge is -2.33. The van der Waals surface area contributed by atoms with E-state index in [4.69, 9.17) is 0 Å². The highest BCUT2D eigenvalue weighted by Gasteiger charge is 2.25. The van der Waals surface area contributed by atoms with E-state index >= 15 is 0 Å². The standard InChI is InChI=1S/C66H66N4O2S2/c1-3-5-7-9-11-17-43-68-58-19-13-15-21-62(58)73-64-41-33-52(46-60(64)68)25-23-49-27-35-55(36-28-49)70(57-39-31-51(32-40-57)45-54(48-67)66(71)72)56-37-29-50(30-38-56)24-26-53-34-42-65-61(47-53)69(44-18-12-10-8-6-4-2)59-20-14-16-22-63(59)74-65/h13-16,19-42,45-47H,3-12,17-18,43-44H2,1-2H3,(H,71,72)/b25-23+,26-24+,54-45+. The number of carboxylic acid groups (broad SMARTS) is 1. The van der Waals surface area contributed by atoms with Gasteiger partial charge in [-0.25, -0.2) is 4.79 Å². The summed E-state index contributed by atoms with van der Waals surface area (Å²) in [7, 11) is 0. The lowest BCUT2D eigenvalue weighted by molar-refractivity contribution is -0.132. The minimum Gasteiger partial charge on any atom is -0.477 e. The molecular weight excluding hydrogens is 945 g/mol. The van der Waals surface area contributed by atoms with Gasteiger partial charge in [-0.3, -0.25) is 0 Å². The van der Waals surface area contributed by atoms with Gasteiger partial charge in [-0.2, -0.15) is 5.26 Å². The summed E-state index contributed by atoms with van der Waals surface area (Å²) in [6, 6.07) is 57.9. The molecule has 0 amide bonds. The number of anilines is 7. The monoisotopic (exact) mass is 1010 g/mol. The van der Waals surface area contributed by atoms with E-state index in [0.29, 0.717) is 5.56 Å². The van der Waals surface area contributed by atoms with Gasteiger partial charge in [0.15, 0.2) is 0 Å². The maximum Gasteiger partial charge on any atom is 0.346 e. The molecule has 0 radical (unpaired) electrons. The van der Waals surface area contributed by atoms with E-state index in [-0.39, 0.29) is 5.57 Å². The molecule has 374 valence electrons. The van der Waals surface area contributed by atoms with Crippen LogP contribution in [-0.4, -0.2) is 24.2 Å². The summed E-state index contributed by atoms with van der Waals surface area (Å²) >= 11 is 3.72. The molecule has 8 heteroatoms. The number of aliphatic carboxylic acids is 1. The Morgan fingerprint density at radius 1 is 0.473 bits per heavy atom. The fraction of sp³-hybridized carbons (Fsp3) is 0.242. The van der Waals surface area contributed by atoms with Crippen molar-refractivity contribution in [1.29, 1.82) is 5.26 Å². The molecule has 6 nitrogen and oxygen atoms in total. The average Bonchev–Trinajstić information content (AvgIpc) is 3.44. The molecule has 7 aromatic carbocycles. The molecule has 74 heavy (non-hydrogen) atoms. The zero-order valence-electron chi connectivity index (χ0n) is 42.8. The highest BCUT2D eigenvalue weighted by atomic mass is 32.2. The van der Waals surface area contributed by atoms with Crippen LogP contribution in [0.2, 0.25) is 0 Å². The highest BCUT2D eigenvalue weighted by molar-refractivity contribution is 8.00. The third-order valence-corrected chi connectivity index (χ3v) is 16.1. The summed E-state index contributed by atoms with van der Waals surface area (Å²) in [5.74, 6) is -1.25. The molecule has 2 aliphatic heterocycles. The van der Waals surface area contributed by atoms with Crippen LogP contribution in [0.15, 0.2) is 183 Å². The number of carbonyl (C=O) groups is 1. The number of hydrogen-bond donors (Lipinski definition) is 1. The predicted molar refractivity (Wildman–Crippen MR) is 315 cm³/mol. The van der Waals surface area contributed by atoms with Gasteiger partial charge in [-0.1, -0.05) is 199 Å². The Kier molecular flexibility index (Phi) is 17.9. The number of rotatable bonds is 23. The number of unbranched alkanes of at least 4 members (excludes halogenated alkanes) is 10. The van der Waals surface area contributed by atoms with Gasteiger partial charge in [-0.05, 0) is 132 Å². The molecule has 1 N–H and O–H groups in total. The summed E-state index contributed by atoms with van der Waals surface area (Å²) < 4.78 is 0. The Hall–Kier alpha value is -7.18. The summed E-state index contributed by atoms with van der Waals surface area (Å²) in [5, 5.41) is 18.9. The van der Waals surface area contributed by atoms with E-state index in [2.05, 4.69) is 186 Å². The number of nitriles is 1. The first-order valence-electron chi connectivity index (χ1n) is 26.6. The largest absolute Gasteiger partial charge is 0.477 e. The smallest absolute Gasteiger partial charge is 0.346 e. The van der Waals surface area contributed by atoms with E-state index in [1.54, 1.807) is 6.07 Å². The third-order valence-electron chi connectivity index (χ3n) is 13.8. The first-order valence-corrected chi connectivity index (χ1v) is 28.2. The Bertz CT molecular complexity index is 2980. The molecule has 0 aliphatic carbocycles. The van der Waals surface area contributed by atoms with Crippen molar-refractivity contribution in [3.63, 3.8) is 0 Å². The van der Waals surface area contributed by atoms with E-state index in [0.717, 1.165) is 52.4 Å². The van der Waals surface area contributed by atoms with Crippen molar-refractivity contribution >= 4 is 99.7 Å². The maximum atomic E-state index is 11.6. The van der Waals surface area contributed by atoms with Crippen molar-refractivity contribution in [3.05, 3.63) is 191 Å². The van der Waals surface area contributed by atoms with Crippen molar-refractivity contribution in [3.8, 4) is 6.07 Å². The minimum absolute atomic E-state index is 0.308. The van der Waals surface area contributed by atoms with Crippen molar-refractivity contribution in [1.82, 2.24) is 0 Å². The number of fused-ring (bicyclic) bond motifs is 4. The lowest BCUT2D eigenvalue weighted by Crippen LogP contribution is -2.22. The Morgan fingerprint density at radius 3 is 1.26 bits per heavy atom. The van der Waals surface area contributed by atoms with Crippen LogP contribution in [0.25, 0.3) is 30.4 Å². The topological polar surface area (TPSA) is 70.8 Å². The van der Waals surface area contributed by atoms with Crippen LogP contribution < -0.4 is 14.7 Å². The van der Waals surface area contributed by atoms with Gasteiger partial charge in [0, 0.05) is 49.7 Å². The van der Waals surface area contributed by atoms with Crippen LogP contribution in [0.3, 0.4) is 0 Å². The summed E-state index contributed by atoms with van der Waals surface area (Å²) in [5.41, 5.74) is 12.8. The number of para-hydroxylation sites is 2. The molecular formula is C66H66N4O2S2. The van der Waals surface area contributed by atoms with Gasteiger partial charge in [0.2, 0.25) is 0 Å². The fourth-order valence-electron chi connectivity index (χ4n) is 9.81. The molecule has 9 rings (SSSR count). The first kappa shape index (κ1) is 51.7. The van der Waals surface area contributed by atoms with E-state index in [1.165, 1.54) is 125 Å². The van der Waals surface area contributed by atoms with E-state index in [1.807, 2.05) is 47.8 Å². The second kappa shape index (κ2) is 25.7. The minimum atomic E-state index is -1.25. The zero-order valence-corrected chi connectivity index (χ0v) is 44.4. The third kappa shape index (κ3) is 12.9. The predicted octanol–water partition coefficient (Wildman–Crippen LogP) is 19.4. The number of hydrogen-bond acceptors (Lipinski definition) is 7. The Morgan fingerprint density at radius 2 is 0.838 bits per heavy atom. The van der Waals surface area contributed by atoms with Crippen molar-refractivity contribution in [2.75, 3.05) is 27.8 Å². The van der Waals surface area contributed by atoms with Crippen LogP contribution in [-0.2, 0) is 4.79 Å². The van der Waals surface area contributed by atoms with E-state index < -0.39 is 5.97 Å². The van der Waals surface area contributed by atoms with Crippen LogP contribution in [0.1, 0.15) is 119 Å². The molecule has 0 atom stereocenters. The Labute approximate surface area is 447 Å². The van der Waals surface area contributed by atoms with Crippen molar-refractivity contribution in [2.45, 2.75) is 110 Å². The summed E-state index contributed by atoms with van der Waals surface area (Å²) in [6.07, 6.45) is 25.4. The second-order valence-corrected chi connectivity index (χ2v) is 21.4. The number of benzene rings is 7. The van der Waals surface area contributed by atoms with Gasteiger partial charge in [0.1, 0.15) is 11.6 Å². The molecule has 0 fully saturated rings. The van der Waals surface area contributed by atoms with Crippen LogP contribution >= 0.6 is 23.5 Å². The molecule has 0 unspecified atom stereocenters. The Balaban J connectivity index is 0.940. The molecule has 0 saturated carbocycles. The molecule has 2 aliphatic rings. The molecule has 0 saturated heterocycles. The average molecular weight is 1010 g/mol. The highest BCUT2D eigenvalue weighted by Crippen LogP contribution is 2.50. The van der Waals surface area contributed by atoms with E-state index in [9.17, 15) is 15.2 Å². The molecule has 0 bridgehead atoms. The molecule has 0 spiro atoms. The lowest BCUT2D eigenvalue weighted by atomic mass is 10.1. The van der Waals surface area contributed by atoms with Crippen molar-refractivity contribution in [2.24, 2.45) is 0 Å².